The molecule has 1 aromatic rings. The normalized spacial score (nSPS) is 21.3. The molecule has 2 heterocycles. The molecule has 0 spiro atoms. The molecule has 2 aliphatic heterocycles. The first-order chi connectivity index (χ1) is 13.4. The SMILES string of the molecule is CCOC(=O)C1CCCCN1C(=O)c1cccc(S(=O)(=O)N2CCCCC2)c1. The van der Waals surface area contributed by atoms with E-state index in [1.807, 2.05) is 0 Å². The molecule has 0 saturated carbocycles. The summed E-state index contributed by atoms with van der Waals surface area (Å²) in [5, 5.41) is 0. The Morgan fingerprint density at radius 3 is 2.50 bits per heavy atom. The summed E-state index contributed by atoms with van der Waals surface area (Å²) in [6, 6.07) is 5.55. The molecule has 0 aliphatic carbocycles. The Morgan fingerprint density at radius 1 is 1.07 bits per heavy atom. The van der Waals surface area contributed by atoms with Crippen LogP contribution in [0.3, 0.4) is 0 Å². The van der Waals surface area contributed by atoms with E-state index in [1.165, 1.54) is 21.3 Å². The molecule has 1 atom stereocenters. The molecule has 3 rings (SSSR count). The third-order valence-electron chi connectivity index (χ3n) is 5.36. The Kier molecular flexibility index (Phi) is 6.72. The number of benzene rings is 1. The van der Waals surface area contributed by atoms with Crippen LogP contribution >= 0.6 is 0 Å². The fourth-order valence-electron chi connectivity index (χ4n) is 3.87. The van der Waals surface area contributed by atoms with Gasteiger partial charge in [-0.25, -0.2) is 13.2 Å². The Labute approximate surface area is 166 Å². The zero-order valence-electron chi connectivity index (χ0n) is 16.3. The van der Waals surface area contributed by atoms with Crippen molar-refractivity contribution in [3.63, 3.8) is 0 Å². The van der Waals surface area contributed by atoms with Gasteiger partial charge in [0.15, 0.2) is 0 Å². The van der Waals surface area contributed by atoms with Crippen molar-refractivity contribution in [2.24, 2.45) is 0 Å². The summed E-state index contributed by atoms with van der Waals surface area (Å²) in [4.78, 5) is 27.0. The molecule has 28 heavy (non-hydrogen) atoms. The van der Waals surface area contributed by atoms with Crippen LogP contribution in [-0.2, 0) is 19.6 Å². The predicted molar refractivity (Wildman–Crippen MR) is 104 cm³/mol. The number of carbonyl (C=O) groups excluding carboxylic acids is 2. The first kappa shape index (κ1) is 20.8. The molecular formula is C20H28N2O5S. The van der Waals surface area contributed by atoms with E-state index in [4.69, 9.17) is 4.74 Å². The number of amides is 1. The van der Waals surface area contributed by atoms with E-state index in [0.717, 1.165) is 32.1 Å². The lowest BCUT2D eigenvalue weighted by Gasteiger charge is -2.34. The smallest absolute Gasteiger partial charge is 0.328 e. The van der Waals surface area contributed by atoms with Gasteiger partial charge in [-0.1, -0.05) is 12.5 Å². The summed E-state index contributed by atoms with van der Waals surface area (Å²) in [6.07, 6.45) is 4.98. The molecule has 1 unspecified atom stereocenters. The highest BCUT2D eigenvalue weighted by atomic mass is 32.2. The summed E-state index contributed by atoms with van der Waals surface area (Å²) < 4.78 is 32.5. The van der Waals surface area contributed by atoms with E-state index in [9.17, 15) is 18.0 Å². The maximum Gasteiger partial charge on any atom is 0.328 e. The van der Waals surface area contributed by atoms with E-state index in [0.29, 0.717) is 26.1 Å². The fourth-order valence-corrected chi connectivity index (χ4v) is 5.43. The Morgan fingerprint density at radius 2 is 1.79 bits per heavy atom. The number of rotatable bonds is 5. The maximum atomic E-state index is 13.1. The number of hydrogen-bond donors (Lipinski definition) is 0. The zero-order valence-corrected chi connectivity index (χ0v) is 17.1. The Balaban J connectivity index is 1.84. The van der Waals surface area contributed by atoms with Gasteiger partial charge in [0.05, 0.1) is 11.5 Å². The van der Waals surface area contributed by atoms with Gasteiger partial charge >= 0.3 is 5.97 Å². The lowest BCUT2D eigenvalue weighted by atomic mass is 10.0. The van der Waals surface area contributed by atoms with Gasteiger partial charge in [-0.05, 0) is 57.2 Å². The Hall–Kier alpha value is -1.93. The number of ether oxygens (including phenoxy) is 1. The second-order valence-electron chi connectivity index (χ2n) is 7.25. The Bertz CT molecular complexity index is 818. The van der Waals surface area contributed by atoms with Gasteiger partial charge in [0.2, 0.25) is 10.0 Å². The molecule has 0 radical (unpaired) electrons. The molecule has 2 saturated heterocycles. The molecule has 0 aromatic heterocycles. The number of likely N-dealkylation sites (tertiary alicyclic amines) is 1. The van der Waals surface area contributed by atoms with Crippen molar-refractivity contribution in [1.82, 2.24) is 9.21 Å². The standard InChI is InChI=1S/C20H28N2O5S/c1-2-27-20(24)18-11-4-7-14-22(18)19(23)16-9-8-10-17(15-16)28(25,26)21-12-5-3-6-13-21/h8-10,15,18H,2-7,11-14H2,1H3. The van der Waals surface area contributed by atoms with Gasteiger partial charge in [-0.2, -0.15) is 4.31 Å². The zero-order chi connectivity index (χ0) is 20.1. The number of piperidine rings is 2. The number of hydrogen-bond acceptors (Lipinski definition) is 5. The van der Waals surface area contributed by atoms with Crippen LogP contribution in [0.5, 0.6) is 0 Å². The van der Waals surface area contributed by atoms with Crippen molar-refractivity contribution in [3.8, 4) is 0 Å². The first-order valence-corrected chi connectivity index (χ1v) is 11.5. The predicted octanol–water partition coefficient (Wildman–Crippen LogP) is 2.42. The van der Waals surface area contributed by atoms with Crippen LogP contribution in [0.2, 0.25) is 0 Å². The number of nitrogens with zero attached hydrogens (tertiary/aromatic N) is 2. The maximum absolute atomic E-state index is 13.1. The molecule has 154 valence electrons. The van der Waals surface area contributed by atoms with Crippen molar-refractivity contribution < 1.29 is 22.7 Å². The van der Waals surface area contributed by atoms with Gasteiger partial charge in [0.1, 0.15) is 6.04 Å². The molecule has 8 heteroatoms. The summed E-state index contributed by atoms with van der Waals surface area (Å²) in [7, 11) is -3.62. The highest BCUT2D eigenvalue weighted by Crippen LogP contribution is 2.24. The molecule has 1 amide bonds. The van der Waals surface area contributed by atoms with Crippen LogP contribution in [0.1, 0.15) is 55.8 Å². The monoisotopic (exact) mass is 408 g/mol. The third kappa shape index (κ3) is 4.38. The van der Waals surface area contributed by atoms with Crippen LogP contribution < -0.4 is 0 Å². The quantitative estimate of drug-likeness (QED) is 0.699. The largest absolute Gasteiger partial charge is 0.464 e. The van der Waals surface area contributed by atoms with Crippen LogP contribution in [0.4, 0.5) is 0 Å². The topological polar surface area (TPSA) is 84.0 Å². The molecular weight excluding hydrogens is 380 g/mol. The van der Waals surface area contributed by atoms with Gasteiger partial charge in [-0.3, -0.25) is 4.79 Å². The van der Waals surface area contributed by atoms with Crippen LogP contribution in [0, 0.1) is 0 Å². The average Bonchev–Trinajstić information content (AvgIpc) is 2.74. The van der Waals surface area contributed by atoms with E-state index < -0.39 is 22.0 Å². The van der Waals surface area contributed by atoms with Crippen LogP contribution in [0.25, 0.3) is 0 Å². The number of esters is 1. The molecule has 2 aliphatic rings. The van der Waals surface area contributed by atoms with E-state index >= 15 is 0 Å². The van der Waals surface area contributed by atoms with E-state index in [2.05, 4.69) is 0 Å². The molecule has 7 nitrogen and oxygen atoms in total. The lowest BCUT2D eigenvalue weighted by molar-refractivity contribution is -0.149. The summed E-state index contributed by atoms with van der Waals surface area (Å²) >= 11 is 0. The fraction of sp³-hybridized carbons (Fsp3) is 0.600. The summed E-state index contributed by atoms with van der Waals surface area (Å²) in [6.45, 7) is 3.49. The highest BCUT2D eigenvalue weighted by Gasteiger charge is 2.34. The van der Waals surface area contributed by atoms with E-state index in [1.54, 1.807) is 19.1 Å². The highest BCUT2D eigenvalue weighted by molar-refractivity contribution is 7.89. The minimum Gasteiger partial charge on any atom is -0.464 e. The first-order valence-electron chi connectivity index (χ1n) is 10.0. The minimum atomic E-state index is -3.62. The molecule has 1 aromatic carbocycles. The van der Waals surface area contributed by atoms with Crippen molar-refractivity contribution in [3.05, 3.63) is 29.8 Å². The summed E-state index contributed by atoms with van der Waals surface area (Å²) in [5.41, 5.74) is 0.286. The molecule has 0 bridgehead atoms. The lowest BCUT2D eigenvalue weighted by Crippen LogP contribution is -2.48. The van der Waals surface area contributed by atoms with E-state index in [-0.39, 0.29) is 23.0 Å². The minimum absolute atomic E-state index is 0.130. The van der Waals surface area contributed by atoms with Gasteiger partial charge in [-0.15, -0.1) is 0 Å². The van der Waals surface area contributed by atoms with Crippen molar-refractivity contribution in [1.29, 1.82) is 0 Å². The van der Waals surface area contributed by atoms with Crippen LogP contribution in [-0.4, -0.2) is 61.8 Å². The van der Waals surface area contributed by atoms with Gasteiger partial charge < -0.3 is 9.64 Å². The molecule has 2 fully saturated rings. The number of carbonyl (C=O) groups is 2. The number of sulfonamides is 1. The van der Waals surface area contributed by atoms with Crippen molar-refractivity contribution in [2.45, 2.75) is 56.4 Å². The van der Waals surface area contributed by atoms with Gasteiger partial charge in [0, 0.05) is 25.2 Å². The second kappa shape index (κ2) is 9.05. The van der Waals surface area contributed by atoms with Gasteiger partial charge in [0.25, 0.3) is 5.91 Å². The van der Waals surface area contributed by atoms with Crippen molar-refractivity contribution >= 4 is 21.9 Å². The summed E-state index contributed by atoms with van der Waals surface area (Å²) in [5.74, 6) is -0.721. The third-order valence-corrected chi connectivity index (χ3v) is 7.25. The average molecular weight is 409 g/mol. The molecule has 0 N–H and O–H groups in total. The van der Waals surface area contributed by atoms with Crippen molar-refractivity contribution in [2.75, 3.05) is 26.2 Å². The second-order valence-corrected chi connectivity index (χ2v) is 9.19. The van der Waals surface area contributed by atoms with Crippen LogP contribution in [0.15, 0.2) is 29.2 Å².